The maximum atomic E-state index is 5.81. The molecule has 14 heavy (non-hydrogen) atoms. The highest BCUT2D eigenvalue weighted by molar-refractivity contribution is 8.10. The average Bonchev–Trinajstić information content (AvgIpc) is 2.03. The van der Waals surface area contributed by atoms with Gasteiger partial charge in [0.05, 0.1) is 6.61 Å². The number of hydrogen-bond donors (Lipinski definition) is 1. The SMILES string of the molecule is CN(C)[P@@]1(=S)NC[C@@H](C(C)(C)C)CO1. The van der Waals surface area contributed by atoms with Gasteiger partial charge in [0.25, 0.3) is 0 Å². The molecule has 84 valence electrons. The molecule has 1 heterocycles. The van der Waals surface area contributed by atoms with E-state index >= 15 is 0 Å². The molecule has 1 fully saturated rings. The van der Waals surface area contributed by atoms with Crippen molar-refractivity contribution in [2.75, 3.05) is 27.2 Å². The predicted molar refractivity (Wildman–Crippen MR) is 64.9 cm³/mol. The fourth-order valence-corrected chi connectivity index (χ4v) is 3.18. The first-order valence-corrected chi connectivity index (χ1v) is 7.60. The van der Waals surface area contributed by atoms with E-state index in [4.69, 9.17) is 16.3 Å². The lowest BCUT2D eigenvalue weighted by molar-refractivity contribution is 0.131. The van der Waals surface area contributed by atoms with E-state index in [9.17, 15) is 0 Å². The summed E-state index contributed by atoms with van der Waals surface area (Å²) in [5, 5.41) is 3.38. The molecule has 0 saturated carbocycles. The number of rotatable bonds is 1. The fraction of sp³-hybridized carbons (Fsp3) is 1.00. The van der Waals surface area contributed by atoms with E-state index in [1.165, 1.54) is 0 Å². The minimum absolute atomic E-state index is 0.292. The normalized spacial score (nSPS) is 34.9. The Bertz CT molecular complexity index is 238. The quantitative estimate of drug-likeness (QED) is 0.704. The molecule has 0 aromatic carbocycles. The molecule has 0 bridgehead atoms. The molecule has 0 spiro atoms. The molecule has 1 saturated heterocycles. The van der Waals surface area contributed by atoms with Gasteiger partial charge in [0.15, 0.2) is 6.57 Å². The molecule has 1 rings (SSSR count). The van der Waals surface area contributed by atoms with Crippen molar-refractivity contribution in [3.63, 3.8) is 0 Å². The maximum Gasteiger partial charge on any atom is 0.200 e. The van der Waals surface area contributed by atoms with Crippen LogP contribution in [0.3, 0.4) is 0 Å². The summed E-state index contributed by atoms with van der Waals surface area (Å²) < 4.78 is 7.81. The molecule has 5 heteroatoms. The third kappa shape index (κ3) is 2.77. The van der Waals surface area contributed by atoms with Crippen molar-refractivity contribution in [1.82, 2.24) is 9.76 Å². The van der Waals surface area contributed by atoms with Crippen LogP contribution in [0, 0.1) is 11.3 Å². The Morgan fingerprint density at radius 3 is 2.29 bits per heavy atom. The molecule has 0 unspecified atom stereocenters. The van der Waals surface area contributed by atoms with Crippen molar-refractivity contribution in [1.29, 1.82) is 0 Å². The number of nitrogens with zero attached hydrogens (tertiary/aromatic N) is 1. The van der Waals surface area contributed by atoms with Gasteiger partial charge in [-0.15, -0.1) is 0 Å². The van der Waals surface area contributed by atoms with Crippen LogP contribution >= 0.6 is 6.57 Å². The zero-order chi connectivity index (χ0) is 11.0. The van der Waals surface area contributed by atoms with Gasteiger partial charge < -0.3 is 4.52 Å². The van der Waals surface area contributed by atoms with Gasteiger partial charge in [0.2, 0.25) is 0 Å². The second kappa shape index (κ2) is 4.18. The summed E-state index contributed by atoms with van der Waals surface area (Å²) in [4.78, 5) is 0. The summed E-state index contributed by atoms with van der Waals surface area (Å²) in [6.07, 6.45) is 0. The molecule has 0 aliphatic carbocycles. The number of hydrogen-bond acceptors (Lipinski definition) is 2. The zero-order valence-electron chi connectivity index (χ0n) is 9.70. The molecule has 2 atom stereocenters. The largest absolute Gasteiger partial charge is 0.326 e. The van der Waals surface area contributed by atoms with E-state index in [0.29, 0.717) is 11.3 Å². The smallest absolute Gasteiger partial charge is 0.200 e. The van der Waals surface area contributed by atoms with Crippen LogP contribution in [-0.4, -0.2) is 31.9 Å². The van der Waals surface area contributed by atoms with Gasteiger partial charge in [-0.25, -0.2) is 4.67 Å². The van der Waals surface area contributed by atoms with Crippen molar-refractivity contribution in [2.45, 2.75) is 20.8 Å². The van der Waals surface area contributed by atoms with Gasteiger partial charge in [0.1, 0.15) is 0 Å². The second-order valence-corrected chi connectivity index (χ2v) is 8.99. The van der Waals surface area contributed by atoms with E-state index in [0.717, 1.165) is 13.2 Å². The van der Waals surface area contributed by atoms with Gasteiger partial charge in [-0.3, -0.25) is 5.09 Å². The summed E-state index contributed by atoms with van der Waals surface area (Å²) in [5.41, 5.74) is 0.292. The van der Waals surface area contributed by atoms with Gasteiger partial charge in [0, 0.05) is 12.5 Å². The third-order valence-corrected chi connectivity index (χ3v) is 6.56. The molecule has 3 nitrogen and oxygen atoms in total. The van der Waals surface area contributed by atoms with Crippen LogP contribution in [0.5, 0.6) is 0 Å². The second-order valence-electron chi connectivity index (χ2n) is 5.09. The Hall–Kier alpha value is 0.530. The molecule has 0 amide bonds. The average molecular weight is 236 g/mol. The summed E-state index contributed by atoms with van der Waals surface area (Å²) in [5.74, 6) is 0.554. The van der Waals surface area contributed by atoms with Crippen LogP contribution < -0.4 is 5.09 Å². The topological polar surface area (TPSA) is 24.5 Å². The van der Waals surface area contributed by atoms with Crippen molar-refractivity contribution in [2.24, 2.45) is 11.3 Å². The monoisotopic (exact) mass is 236 g/mol. The highest BCUT2D eigenvalue weighted by atomic mass is 32.5. The molecular weight excluding hydrogens is 215 g/mol. The Kier molecular flexibility index (Phi) is 3.77. The summed E-state index contributed by atoms with van der Waals surface area (Å²) in [6, 6.07) is 0. The predicted octanol–water partition coefficient (Wildman–Crippen LogP) is 2.05. The molecular formula is C9H21N2OPS. The molecule has 1 N–H and O–H groups in total. The van der Waals surface area contributed by atoms with Crippen molar-refractivity contribution in [3.8, 4) is 0 Å². The molecule has 0 aromatic heterocycles. The van der Waals surface area contributed by atoms with Gasteiger partial charge in [-0.2, -0.15) is 0 Å². The standard InChI is InChI=1S/C9H21N2OPS/c1-9(2,3)8-6-10-13(14,11(4)5)12-7-8/h8H,6-7H2,1-5H3,(H,10,14)/t8-,13+/m1/s1. The Labute approximate surface area is 92.4 Å². The molecule has 1 aliphatic heterocycles. The highest BCUT2D eigenvalue weighted by Gasteiger charge is 2.34. The zero-order valence-corrected chi connectivity index (χ0v) is 11.4. The minimum Gasteiger partial charge on any atom is -0.326 e. The summed E-state index contributed by atoms with van der Waals surface area (Å²) in [7, 11) is 3.95. The van der Waals surface area contributed by atoms with Gasteiger partial charge >= 0.3 is 0 Å². The van der Waals surface area contributed by atoms with Crippen LogP contribution in [0.4, 0.5) is 0 Å². The lowest BCUT2D eigenvalue weighted by Gasteiger charge is -2.41. The van der Waals surface area contributed by atoms with Crippen LogP contribution in [0.2, 0.25) is 0 Å². The first-order valence-electron chi connectivity index (χ1n) is 4.93. The first kappa shape index (κ1) is 12.6. The van der Waals surface area contributed by atoms with E-state index in [2.05, 4.69) is 25.9 Å². The van der Waals surface area contributed by atoms with E-state index < -0.39 is 6.57 Å². The molecule has 0 radical (unpaired) electrons. The fourth-order valence-electron chi connectivity index (χ4n) is 1.33. The van der Waals surface area contributed by atoms with Crippen molar-refractivity contribution in [3.05, 3.63) is 0 Å². The van der Waals surface area contributed by atoms with Crippen LogP contribution in [0.25, 0.3) is 0 Å². The Morgan fingerprint density at radius 1 is 1.43 bits per heavy atom. The van der Waals surface area contributed by atoms with Crippen LogP contribution in [-0.2, 0) is 16.3 Å². The van der Waals surface area contributed by atoms with Gasteiger partial charge in [-0.1, -0.05) is 20.8 Å². The molecule has 1 aliphatic rings. The summed E-state index contributed by atoms with van der Waals surface area (Å²) in [6.45, 7) is 6.61. The van der Waals surface area contributed by atoms with Crippen molar-refractivity contribution >= 4 is 18.4 Å². The number of nitrogens with one attached hydrogen (secondary N) is 1. The minimum atomic E-state index is -1.88. The highest BCUT2D eigenvalue weighted by Crippen LogP contribution is 2.49. The van der Waals surface area contributed by atoms with E-state index in [1.54, 1.807) is 0 Å². The molecule has 0 aromatic rings. The maximum absolute atomic E-state index is 5.81. The van der Waals surface area contributed by atoms with Crippen LogP contribution in [0.1, 0.15) is 20.8 Å². The van der Waals surface area contributed by atoms with E-state index in [-0.39, 0.29) is 0 Å². The Morgan fingerprint density at radius 2 is 2.00 bits per heavy atom. The Balaban J connectivity index is 2.59. The van der Waals surface area contributed by atoms with Gasteiger partial charge in [-0.05, 0) is 31.3 Å². The van der Waals surface area contributed by atoms with Crippen LogP contribution in [0.15, 0.2) is 0 Å². The van der Waals surface area contributed by atoms with E-state index in [1.807, 2.05) is 18.8 Å². The summed E-state index contributed by atoms with van der Waals surface area (Å²) >= 11 is 5.46. The third-order valence-electron chi connectivity index (χ3n) is 2.74. The first-order chi connectivity index (χ1) is 6.26. The lowest BCUT2D eigenvalue weighted by Crippen LogP contribution is -2.41. The lowest BCUT2D eigenvalue weighted by atomic mass is 9.81. The van der Waals surface area contributed by atoms with Crippen molar-refractivity contribution < 1.29 is 4.52 Å².